The third-order valence-electron chi connectivity index (χ3n) is 2.54. The highest BCUT2D eigenvalue weighted by molar-refractivity contribution is 14.0. The number of hydrogen-bond donors (Lipinski definition) is 2. The summed E-state index contributed by atoms with van der Waals surface area (Å²) >= 11 is 1.67. The fourth-order valence-corrected chi connectivity index (χ4v) is 2.27. The Hall–Kier alpha value is -1.23. The van der Waals surface area contributed by atoms with Crippen molar-refractivity contribution < 1.29 is 4.52 Å². The molecule has 0 saturated heterocycles. The SMILES string of the molecule is CN=C(NCCc1csc(C)n1)NCc1nc(C)no1.I. The lowest BCUT2D eigenvalue weighted by Gasteiger charge is -2.09. The van der Waals surface area contributed by atoms with Crippen molar-refractivity contribution in [1.82, 2.24) is 25.8 Å². The Labute approximate surface area is 144 Å². The van der Waals surface area contributed by atoms with E-state index in [1.165, 1.54) is 0 Å². The van der Waals surface area contributed by atoms with E-state index >= 15 is 0 Å². The molecule has 0 amide bonds. The van der Waals surface area contributed by atoms with Gasteiger partial charge in [0.25, 0.3) is 0 Å². The maximum Gasteiger partial charge on any atom is 0.246 e. The van der Waals surface area contributed by atoms with Crippen LogP contribution in [0.5, 0.6) is 0 Å². The summed E-state index contributed by atoms with van der Waals surface area (Å²) in [6, 6.07) is 0. The van der Waals surface area contributed by atoms with E-state index in [4.69, 9.17) is 4.52 Å². The van der Waals surface area contributed by atoms with Crippen LogP contribution in [0.15, 0.2) is 14.9 Å². The highest BCUT2D eigenvalue weighted by Gasteiger charge is 2.04. The Balaban J connectivity index is 0.00000220. The zero-order valence-corrected chi connectivity index (χ0v) is 15.4. The average Bonchev–Trinajstić information content (AvgIpc) is 3.02. The Morgan fingerprint density at radius 3 is 2.71 bits per heavy atom. The van der Waals surface area contributed by atoms with E-state index in [-0.39, 0.29) is 24.0 Å². The summed E-state index contributed by atoms with van der Waals surface area (Å²) in [6.07, 6.45) is 0.866. The molecule has 0 spiro atoms. The summed E-state index contributed by atoms with van der Waals surface area (Å²) in [5.74, 6) is 1.87. The maximum absolute atomic E-state index is 5.02. The van der Waals surface area contributed by atoms with Crippen molar-refractivity contribution in [2.45, 2.75) is 26.8 Å². The first-order valence-electron chi connectivity index (χ1n) is 6.32. The second-order valence-corrected chi connectivity index (χ2v) is 5.26. The molecular formula is C12H19IN6OS. The van der Waals surface area contributed by atoms with Gasteiger partial charge in [-0.05, 0) is 13.8 Å². The molecule has 0 aliphatic rings. The standard InChI is InChI=1S/C12H18N6OS.HI/c1-8-16-11(19-18-8)6-15-12(13-3)14-5-4-10-7-20-9(2)17-10;/h7H,4-6H2,1-3H3,(H2,13,14,15);1H. The van der Waals surface area contributed by atoms with Gasteiger partial charge in [0.15, 0.2) is 11.8 Å². The first kappa shape index (κ1) is 17.8. The smallest absolute Gasteiger partial charge is 0.246 e. The second kappa shape index (κ2) is 8.93. The zero-order chi connectivity index (χ0) is 14.4. The van der Waals surface area contributed by atoms with E-state index < -0.39 is 0 Å². The lowest BCUT2D eigenvalue weighted by Crippen LogP contribution is -2.37. The molecule has 21 heavy (non-hydrogen) atoms. The van der Waals surface area contributed by atoms with Crippen molar-refractivity contribution in [3.63, 3.8) is 0 Å². The van der Waals surface area contributed by atoms with Crippen LogP contribution in [0.4, 0.5) is 0 Å². The van der Waals surface area contributed by atoms with Crippen molar-refractivity contribution in [2.75, 3.05) is 13.6 Å². The van der Waals surface area contributed by atoms with E-state index in [2.05, 4.69) is 36.1 Å². The number of thiazole rings is 1. The third-order valence-corrected chi connectivity index (χ3v) is 3.36. The molecule has 0 aliphatic heterocycles. The molecule has 0 fully saturated rings. The van der Waals surface area contributed by atoms with Crippen molar-refractivity contribution in [1.29, 1.82) is 0 Å². The van der Waals surface area contributed by atoms with E-state index in [0.29, 0.717) is 24.2 Å². The van der Waals surface area contributed by atoms with Gasteiger partial charge in [0.2, 0.25) is 5.89 Å². The van der Waals surface area contributed by atoms with Crippen molar-refractivity contribution >= 4 is 41.3 Å². The van der Waals surface area contributed by atoms with Crippen molar-refractivity contribution in [2.24, 2.45) is 4.99 Å². The number of aromatic nitrogens is 3. The van der Waals surface area contributed by atoms with Gasteiger partial charge in [-0.25, -0.2) is 4.98 Å². The molecule has 0 unspecified atom stereocenters. The molecule has 2 rings (SSSR count). The summed E-state index contributed by atoms with van der Waals surface area (Å²) in [7, 11) is 1.72. The van der Waals surface area contributed by atoms with E-state index in [1.807, 2.05) is 6.92 Å². The minimum Gasteiger partial charge on any atom is -0.356 e. The lowest BCUT2D eigenvalue weighted by molar-refractivity contribution is 0.371. The average molecular weight is 422 g/mol. The monoisotopic (exact) mass is 422 g/mol. The molecule has 0 saturated carbocycles. The van der Waals surface area contributed by atoms with Crippen LogP contribution in [-0.4, -0.2) is 34.7 Å². The van der Waals surface area contributed by atoms with Crippen LogP contribution in [0.3, 0.4) is 0 Å². The molecule has 116 valence electrons. The van der Waals surface area contributed by atoms with Crippen LogP contribution in [0.25, 0.3) is 0 Å². The van der Waals surface area contributed by atoms with Crippen LogP contribution >= 0.6 is 35.3 Å². The fraction of sp³-hybridized carbons (Fsp3) is 0.500. The number of rotatable bonds is 5. The highest BCUT2D eigenvalue weighted by atomic mass is 127. The van der Waals surface area contributed by atoms with Crippen LogP contribution < -0.4 is 10.6 Å². The van der Waals surface area contributed by atoms with Gasteiger partial charge in [0.05, 0.1) is 17.2 Å². The Bertz CT molecular complexity index is 582. The molecular weight excluding hydrogens is 403 g/mol. The number of aliphatic imine (C=N–C) groups is 1. The molecule has 7 nitrogen and oxygen atoms in total. The van der Waals surface area contributed by atoms with Crippen LogP contribution in [0.1, 0.15) is 22.4 Å². The summed E-state index contributed by atoms with van der Waals surface area (Å²) in [6.45, 7) is 5.02. The Morgan fingerprint density at radius 1 is 1.33 bits per heavy atom. The summed E-state index contributed by atoms with van der Waals surface area (Å²) < 4.78 is 5.02. The van der Waals surface area contributed by atoms with Gasteiger partial charge in [-0.15, -0.1) is 35.3 Å². The summed E-state index contributed by atoms with van der Waals surface area (Å²) in [5.41, 5.74) is 1.10. The molecule has 0 aromatic carbocycles. The predicted octanol–water partition coefficient (Wildman–Crippen LogP) is 1.67. The molecule has 0 bridgehead atoms. The van der Waals surface area contributed by atoms with Crippen LogP contribution in [-0.2, 0) is 13.0 Å². The van der Waals surface area contributed by atoms with Gasteiger partial charge < -0.3 is 15.2 Å². The van der Waals surface area contributed by atoms with Gasteiger partial charge in [0.1, 0.15) is 0 Å². The van der Waals surface area contributed by atoms with Gasteiger partial charge in [-0.3, -0.25) is 4.99 Å². The van der Waals surface area contributed by atoms with Crippen LogP contribution in [0, 0.1) is 13.8 Å². The van der Waals surface area contributed by atoms with Gasteiger partial charge in [-0.2, -0.15) is 4.98 Å². The minimum atomic E-state index is 0. The van der Waals surface area contributed by atoms with Gasteiger partial charge >= 0.3 is 0 Å². The number of aryl methyl sites for hydroxylation is 2. The third kappa shape index (κ3) is 5.96. The normalized spacial score (nSPS) is 11.1. The van der Waals surface area contributed by atoms with E-state index in [0.717, 1.165) is 23.7 Å². The lowest BCUT2D eigenvalue weighted by atomic mass is 10.3. The van der Waals surface area contributed by atoms with E-state index in [1.54, 1.807) is 25.3 Å². The van der Waals surface area contributed by atoms with Crippen LogP contribution in [0.2, 0.25) is 0 Å². The Morgan fingerprint density at radius 2 is 2.14 bits per heavy atom. The zero-order valence-electron chi connectivity index (χ0n) is 12.2. The predicted molar refractivity (Wildman–Crippen MR) is 93.2 cm³/mol. The quantitative estimate of drug-likeness (QED) is 0.433. The topological polar surface area (TPSA) is 88.2 Å². The van der Waals surface area contributed by atoms with E-state index in [9.17, 15) is 0 Å². The van der Waals surface area contributed by atoms with Gasteiger partial charge in [0, 0.05) is 25.4 Å². The summed E-state index contributed by atoms with van der Waals surface area (Å²) in [5, 5.41) is 13.2. The number of halogens is 1. The summed E-state index contributed by atoms with van der Waals surface area (Å²) in [4.78, 5) is 12.7. The molecule has 2 heterocycles. The molecule has 2 aromatic rings. The number of guanidine groups is 1. The number of nitrogens with zero attached hydrogens (tertiary/aromatic N) is 4. The molecule has 0 radical (unpaired) electrons. The second-order valence-electron chi connectivity index (χ2n) is 4.20. The maximum atomic E-state index is 5.02. The largest absolute Gasteiger partial charge is 0.356 e. The molecule has 0 atom stereocenters. The molecule has 0 aliphatic carbocycles. The first-order valence-corrected chi connectivity index (χ1v) is 7.20. The Kier molecular flexibility index (Phi) is 7.57. The highest BCUT2D eigenvalue weighted by Crippen LogP contribution is 2.07. The molecule has 2 aromatic heterocycles. The fourth-order valence-electron chi connectivity index (χ4n) is 1.62. The minimum absolute atomic E-state index is 0. The number of nitrogens with one attached hydrogen (secondary N) is 2. The van der Waals surface area contributed by atoms with Crippen molar-refractivity contribution in [3.05, 3.63) is 27.8 Å². The molecule has 9 heteroatoms. The number of hydrogen-bond acceptors (Lipinski definition) is 6. The van der Waals surface area contributed by atoms with Gasteiger partial charge in [-0.1, -0.05) is 5.16 Å². The first-order chi connectivity index (χ1) is 9.67. The molecule has 2 N–H and O–H groups in total. The van der Waals surface area contributed by atoms with Crippen molar-refractivity contribution in [3.8, 4) is 0 Å².